The third kappa shape index (κ3) is 2.63. The Hall–Kier alpha value is -2.42. The second-order valence-electron chi connectivity index (χ2n) is 4.02. The van der Waals surface area contributed by atoms with E-state index in [-0.39, 0.29) is 5.91 Å². The van der Waals surface area contributed by atoms with Gasteiger partial charge >= 0.3 is 0 Å². The maximum absolute atomic E-state index is 12.0. The van der Waals surface area contributed by atoms with Crippen LogP contribution in [0.25, 0.3) is 5.57 Å². The Kier molecular flexibility index (Phi) is 3.53. The highest BCUT2D eigenvalue weighted by Crippen LogP contribution is 2.21. The molecule has 0 atom stereocenters. The number of rotatable bonds is 3. The smallest absolute Gasteiger partial charge is 0.255 e. The van der Waals surface area contributed by atoms with Gasteiger partial charge in [0.05, 0.1) is 5.69 Å². The summed E-state index contributed by atoms with van der Waals surface area (Å²) in [6, 6.07) is 10.9. The molecular weight excluding hydrogens is 224 g/mol. The predicted octanol–water partition coefficient (Wildman–Crippen LogP) is 3.37. The Morgan fingerprint density at radius 2 is 1.94 bits per heavy atom. The van der Waals surface area contributed by atoms with Crippen molar-refractivity contribution in [3.05, 3.63) is 66.5 Å². The van der Waals surface area contributed by atoms with Crippen molar-refractivity contribution in [1.82, 2.24) is 4.98 Å². The zero-order valence-corrected chi connectivity index (χ0v) is 10.2. The normalized spacial score (nSPS) is 9.83. The van der Waals surface area contributed by atoms with Crippen LogP contribution < -0.4 is 5.32 Å². The van der Waals surface area contributed by atoms with Gasteiger partial charge in [-0.25, -0.2) is 0 Å². The molecule has 90 valence electrons. The molecule has 2 rings (SSSR count). The maximum Gasteiger partial charge on any atom is 0.255 e. The highest BCUT2D eigenvalue weighted by molar-refractivity contribution is 6.05. The molecule has 1 aromatic carbocycles. The molecule has 1 N–H and O–H groups in total. The molecule has 0 aliphatic carbocycles. The van der Waals surface area contributed by atoms with Crippen LogP contribution in [0.4, 0.5) is 5.69 Å². The fourth-order valence-corrected chi connectivity index (χ4v) is 1.63. The van der Waals surface area contributed by atoms with E-state index in [0.717, 1.165) is 16.8 Å². The van der Waals surface area contributed by atoms with E-state index >= 15 is 0 Å². The molecule has 18 heavy (non-hydrogen) atoms. The lowest BCUT2D eigenvalue weighted by molar-refractivity contribution is 0.102. The number of nitrogens with one attached hydrogen (secondary N) is 1. The predicted molar refractivity (Wildman–Crippen MR) is 73.3 cm³/mol. The average molecular weight is 238 g/mol. The van der Waals surface area contributed by atoms with Crippen LogP contribution >= 0.6 is 0 Å². The van der Waals surface area contributed by atoms with Crippen LogP contribution in [-0.4, -0.2) is 10.9 Å². The second-order valence-corrected chi connectivity index (χ2v) is 4.02. The minimum absolute atomic E-state index is 0.135. The van der Waals surface area contributed by atoms with Crippen LogP contribution in [0.3, 0.4) is 0 Å². The van der Waals surface area contributed by atoms with Crippen molar-refractivity contribution in [2.75, 3.05) is 5.32 Å². The van der Waals surface area contributed by atoms with Gasteiger partial charge in [0.1, 0.15) is 0 Å². The number of hydrogen-bond acceptors (Lipinski definition) is 2. The number of benzene rings is 1. The number of amides is 1. The molecule has 0 unspecified atom stereocenters. The van der Waals surface area contributed by atoms with Crippen LogP contribution in [-0.2, 0) is 0 Å². The number of anilines is 1. The molecule has 3 heteroatoms. The van der Waals surface area contributed by atoms with Crippen molar-refractivity contribution < 1.29 is 4.79 Å². The molecule has 0 bridgehead atoms. The molecule has 3 nitrogen and oxygen atoms in total. The van der Waals surface area contributed by atoms with Crippen molar-refractivity contribution >= 4 is 17.2 Å². The van der Waals surface area contributed by atoms with Crippen LogP contribution in [0.1, 0.15) is 22.8 Å². The van der Waals surface area contributed by atoms with Gasteiger partial charge in [-0.15, -0.1) is 0 Å². The summed E-state index contributed by atoms with van der Waals surface area (Å²) in [5, 5.41) is 2.87. The van der Waals surface area contributed by atoms with Crippen LogP contribution in [0, 0.1) is 0 Å². The Bertz CT molecular complexity index is 576. The minimum atomic E-state index is -0.135. The van der Waals surface area contributed by atoms with Gasteiger partial charge in [0.15, 0.2) is 0 Å². The maximum atomic E-state index is 12.0. The molecule has 0 saturated heterocycles. The summed E-state index contributed by atoms with van der Waals surface area (Å²) in [7, 11) is 0. The van der Waals surface area contributed by atoms with Gasteiger partial charge in [0, 0.05) is 23.5 Å². The molecule has 0 saturated carbocycles. The molecule has 1 amide bonds. The number of carbonyl (C=O) groups is 1. The molecule has 0 fully saturated rings. The highest BCUT2D eigenvalue weighted by atomic mass is 16.1. The summed E-state index contributed by atoms with van der Waals surface area (Å²) in [5.74, 6) is -0.135. The SMILES string of the molecule is C=C(C)c1cnccc1NC(=O)c1ccccc1. The van der Waals surface area contributed by atoms with Crippen molar-refractivity contribution in [2.24, 2.45) is 0 Å². The summed E-state index contributed by atoms with van der Waals surface area (Å²) in [6.45, 7) is 5.76. The molecule has 1 aromatic heterocycles. The van der Waals surface area contributed by atoms with E-state index in [0.29, 0.717) is 5.56 Å². The Morgan fingerprint density at radius 1 is 1.22 bits per heavy atom. The number of allylic oxidation sites excluding steroid dienone is 1. The quantitative estimate of drug-likeness (QED) is 0.890. The number of hydrogen-bond donors (Lipinski definition) is 1. The van der Waals surface area contributed by atoms with Crippen LogP contribution in [0.5, 0.6) is 0 Å². The summed E-state index contributed by atoms with van der Waals surface area (Å²) >= 11 is 0. The van der Waals surface area contributed by atoms with Gasteiger partial charge in [-0.1, -0.05) is 24.8 Å². The van der Waals surface area contributed by atoms with E-state index in [1.807, 2.05) is 25.1 Å². The van der Waals surface area contributed by atoms with Crippen molar-refractivity contribution in [3.8, 4) is 0 Å². The van der Waals surface area contributed by atoms with Gasteiger partial charge in [-0.3, -0.25) is 9.78 Å². The number of aromatic nitrogens is 1. The molecule has 2 aromatic rings. The average Bonchev–Trinajstić information content (AvgIpc) is 2.40. The summed E-state index contributed by atoms with van der Waals surface area (Å²) < 4.78 is 0. The van der Waals surface area contributed by atoms with Crippen molar-refractivity contribution in [2.45, 2.75) is 6.92 Å². The largest absolute Gasteiger partial charge is 0.321 e. The first-order valence-corrected chi connectivity index (χ1v) is 5.65. The molecule has 0 radical (unpaired) electrons. The highest BCUT2D eigenvalue weighted by Gasteiger charge is 2.08. The summed E-state index contributed by atoms with van der Waals surface area (Å²) in [6.07, 6.45) is 3.34. The topological polar surface area (TPSA) is 42.0 Å². The zero-order valence-electron chi connectivity index (χ0n) is 10.2. The van der Waals surface area contributed by atoms with Gasteiger partial charge in [-0.05, 0) is 30.7 Å². The molecule has 1 heterocycles. The fourth-order valence-electron chi connectivity index (χ4n) is 1.63. The lowest BCUT2D eigenvalue weighted by atomic mass is 10.1. The van der Waals surface area contributed by atoms with E-state index in [2.05, 4.69) is 16.9 Å². The third-order valence-electron chi connectivity index (χ3n) is 2.57. The molecule has 0 aliphatic rings. The van der Waals surface area contributed by atoms with E-state index in [9.17, 15) is 4.79 Å². The van der Waals surface area contributed by atoms with E-state index in [4.69, 9.17) is 0 Å². The first-order chi connectivity index (χ1) is 8.68. The van der Waals surface area contributed by atoms with Crippen molar-refractivity contribution in [1.29, 1.82) is 0 Å². The van der Waals surface area contributed by atoms with Gasteiger partial charge in [0.25, 0.3) is 5.91 Å². The van der Waals surface area contributed by atoms with Crippen LogP contribution in [0.15, 0.2) is 55.4 Å². The monoisotopic (exact) mass is 238 g/mol. The first-order valence-electron chi connectivity index (χ1n) is 5.65. The molecule has 0 aliphatic heterocycles. The Balaban J connectivity index is 2.25. The third-order valence-corrected chi connectivity index (χ3v) is 2.57. The number of carbonyl (C=O) groups excluding carboxylic acids is 1. The lowest BCUT2D eigenvalue weighted by Crippen LogP contribution is -2.12. The zero-order chi connectivity index (χ0) is 13.0. The van der Waals surface area contributed by atoms with Gasteiger partial charge < -0.3 is 5.32 Å². The Morgan fingerprint density at radius 3 is 2.61 bits per heavy atom. The fraction of sp³-hybridized carbons (Fsp3) is 0.0667. The van der Waals surface area contributed by atoms with Gasteiger partial charge in [0.2, 0.25) is 0 Å². The van der Waals surface area contributed by atoms with E-state index in [1.54, 1.807) is 30.6 Å². The Labute approximate surface area is 106 Å². The number of pyridine rings is 1. The van der Waals surface area contributed by atoms with E-state index in [1.165, 1.54) is 0 Å². The summed E-state index contributed by atoms with van der Waals surface area (Å²) in [4.78, 5) is 16.1. The molecule has 0 spiro atoms. The van der Waals surface area contributed by atoms with Crippen LogP contribution in [0.2, 0.25) is 0 Å². The minimum Gasteiger partial charge on any atom is -0.321 e. The van der Waals surface area contributed by atoms with Gasteiger partial charge in [-0.2, -0.15) is 0 Å². The van der Waals surface area contributed by atoms with Crippen molar-refractivity contribution in [3.63, 3.8) is 0 Å². The van der Waals surface area contributed by atoms with E-state index < -0.39 is 0 Å². The second kappa shape index (κ2) is 5.27. The standard InChI is InChI=1S/C15H14N2O/c1-11(2)13-10-16-9-8-14(13)17-15(18)12-6-4-3-5-7-12/h3-10H,1H2,2H3,(H,16,17,18). The number of nitrogens with zero attached hydrogens (tertiary/aromatic N) is 1. The lowest BCUT2D eigenvalue weighted by Gasteiger charge is -2.10. The first kappa shape index (κ1) is 12.0. The summed E-state index contributed by atoms with van der Waals surface area (Å²) in [5.41, 5.74) is 3.07. The molecular formula is C15H14N2O.